The van der Waals surface area contributed by atoms with Crippen molar-refractivity contribution in [3.63, 3.8) is 0 Å². The van der Waals surface area contributed by atoms with Crippen LogP contribution in [0.5, 0.6) is 0 Å². The van der Waals surface area contributed by atoms with Gasteiger partial charge < -0.3 is 20.5 Å². The van der Waals surface area contributed by atoms with Gasteiger partial charge in [-0.2, -0.15) is 0 Å². The molecule has 0 aromatic rings. The molecule has 6 nitrogen and oxygen atoms in total. The lowest BCUT2D eigenvalue weighted by Gasteiger charge is -2.28. The van der Waals surface area contributed by atoms with Crippen LogP contribution in [0.2, 0.25) is 0 Å². The molecule has 0 saturated carbocycles. The molecule has 1 aliphatic heterocycles. The van der Waals surface area contributed by atoms with Crippen LogP contribution in [0.25, 0.3) is 0 Å². The summed E-state index contributed by atoms with van der Waals surface area (Å²) in [5.41, 5.74) is -0.603. The summed E-state index contributed by atoms with van der Waals surface area (Å²) in [5.74, 6) is -0.295. The fourth-order valence-electron chi connectivity index (χ4n) is 1.38. The Bertz CT molecular complexity index is 285. The Morgan fingerprint density at radius 3 is 2.75 bits per heavy atom. The second-order valence-corrected chi connectivity index (χ2v) is 4.83. The highest BCUT2D eigenvalue weighted by atomic mass is 16.6. The van der Waals surface area contributed by atoms with Crippen LogP contribution in [-0.4, -0.2) is 41.4 Å². The molecule has 92 valence electrons. The number of carbonyl (C=O) groups is 2. The molecule has 6 heteroatoms. The molecule has 0 radical (unpaired) electrons. The van der Waals surface area contributed by atoms with Crippen molar-refractivity contribution >= 4 is 12.0 Å². The lowest BCUT2D eigenvalue weighted by molar-refractivity contribution is -0.126. The van der Waals surface area contributed by atoms with Crippen molar-refractivity contribution in [3.05, 3.63) is 0 Å². The summed E-state index contributed by atoms with van der Waals surface area (Å²) in [5, 5.41) is 14.2. The van der Waals surface area contributed by atoms with Crippen LogP contribution in [0.1, 0.15) is 27.2 Å². The summed E-state index contributed by atoms with van der Waals surface area (Å²) in [4.78, 5) is 22.7. The maximum absolute atomic E-state index is 11.4. The van der Waals surface area contributed by atoms with Crippen molar-refractivity contribution in [1.29, 1.82) is 0 Å². The molecular formula is C10H18N2O4. The van der Waals surface area contributed by atoms with Gasteiger partial charge >= 0.3 is 6.09 Å². The molecular weight excluding hydrogens is 212 g/mol. The number of aliphatic hydroxyl groups is 1. The third-order valence-corrected chi connectivity index (χ3v) is 2.03. The highest BCUT2D eigenvalue weighted by molar-refractivity contribution is 5.86. The summed E-state index contributed by atoms with van der Waals surface area (Å²) in [7, 11) is 0. The van der Waals surface area contributed by atoms with E-state index < -0.39 is 23.8 Å². The number of hydrogen-bond donors (Lipinski definition) is 3. The van der Waals surface area contributed by atoms with Crippen LogP contribution in [0.15, 0.2) is 0 Å². The Balaban J connectivity index is 2.46. The zero-order valence-electron chi connectivity index (χ0n) is 9.74. The van der Waals surface area contributed by atoms with Crippen molar-refractivity contribution < 1.29 is 19.4 Å². The number of ether oxygens (including phenoxy) is 1. The van der Waals surface area contributed by atoms with E-state index in [4.69, 9.17) is 4.74 Å². The van der Waals surface area contributed by atoms with Crippen molar-refractivity contribution in [2.75, 3.05) is 6.54 Å². The van der Waals surface area contributed by atoms with Gasteiger partial charge in [-0.15, -0.1) is 0 Å². The molecule has 0 unspecified atom stereocenters. The number of amides is 2. The first-order valence-corrected chi connectivity index (χ1v) is 5.23. The van der Waals surface area contributed by atoms with Crippen LogP contribution >= 0.6 is 0 Å². The van der Waals surface area contributed by atoms with E-state index in [2.05, 4.69) is 10.6 Å². The number of alkyl carbamates (subject to hydrolysis) is 1. The lowest BCUT2D eigenvalue weighted by atomic mass is 10.0. The number of aliphatic hydroxyl groups excluding tert-OH is 1. The summed E-state index contributed by atoms with van der Waals surface area (Å²) >= 11 is 0. The van der Waals surface area contributed by atoms with Gasteiger partial charge in [0.1, 0.15) is 11.6 Å². The molecule has 0 aromatic heterocycles. The number of carbonyl (C=O) groups excluding carboxylic acids is 2. The Morgan fingerprint density at radius 1 is 1.56 bits per heavy atom. The Labute approximate surface area is 94.3 Å². The molecule has 1 aliphatic rings. The molecule has 1 saturated heterocycles. The summed E-state index contributed by atoms with van der Waals surface area (Å²) in [6.45, 7) is 5.44. The van der Waals surface area contributed by atoms with Crippen LogP contribution in [0, 0.1) is 0 Å². The standard InChI is InChI=1S/C10H18N2O4/c1-10(2,3)16-9(15)12-7-4-6(13)5-11-8(7)14/h6-7,13H,4-5H2,1-3H3,(H,11,14)(H,12,15)/t6-,7+/m0/s1. The van der Waals surface area contributed by atoms with Crippen molar-refractivity contribution in [1.82, 2.24) is 10.6 Å². The first kappa shape index (κ1) is 12.8. The van der Waals surface area contributed by atoms with E-state index >= 15 is 0 Å². The summed E-state index contributed by atoms with van der Waals surface area (Å²) in [6, 6.07) is -0.724. The van der Waals surface area contributed by atoms with Gasteiger partial charge in [-0.05, 0) is 20.8 Å². The number of nitrogens with one attached hydrogen (secondary N) is 2. The fraction of sp³-hybridized carbons (Fsp3) is 0.800. The van der Waals surface area contributed by atoms with Crippen LogP contribution < -0.4 is 10.6 Å². The maximum Gasteiger partial charge on any atom is 0.408 e. The van der Waals surface area contributed by atoms with Gasteiger partial charge in [0, 0.05) is 13.0 Å². The van der Waals surface area contributed by atoms with E-state index in [9.17, 15) is 14.7 Å². The quantitative estimate of drug-likeness (QED) is 0.580. The predicted molar refractivity (Wildman–Crippen MR) is 56.8 cm³/mol. The van der Waals surface area contributed by atoms with Gasteiger partial charge in [-0.1, -0.05) is 0 Å². The molecule has 16 heavy (non-hydrogen) atoms. The topological polar surface area (TPSA) is 87.7 Å². The molecule has 0 aromatic carbocycles. The molecule has 1 fully saturated rings. The monoisotopic (exact) mass is 230 g/mol. The van der Waals surface area contributed by atoms with E-state index in [0.717, 1.165) is 0 Å². The SMILES string of the molecule is CC(C)(C)OC(=O)N[C@@H]1C[C@H](O)CNC1=O. The highest BCUT2D eigenvalue weighted by Crippen LogP contribution is 2.09. The second-order valence-electron chi connectivity index (χ2n) is 4.83. The van der Waals surface area contributed by atoms with Gasteiger partial charge in [0.15, 0.2) is 0 Å². The van der Waals surface area contributed by atoms with Gasteiger partial charge in [-0.3, -0.25) is 4.79 Å². The smallest absolute Gasteiger partial charge is 0.408 e. The van der Waals surface area contributed by atoms with E-state index in [0.29, 0.717) is 0 Å². The zero-order chi connectivity index (χ0) is 12.3. The zero-order valence-corrected chi connectivity index (χ0v) is 9.74. The molecule has 1 heterocycles. The minimum absolute atomic E-state index is 0.213. The number of piperidine rings is 1. The fourth-order valence-corrected chi connectivity index (χ4v) is 1.38. The Kier molecular flexibility index (Phi) is 3.74. The van der Waals surface area contributed by atoms with Crippen LogP contribution in [0.3, 0.4) is 0 Å². The number of β-amino-alcohol motifs (C(OH)–C–C–N with tert-alkyl or cyclic N) is 1. The third-order valence-electron chi connectivity index (χ3n) is 2.03. The highest BCUT2D eigenvalue weighted by Gasteiger charge is 2.30. The molecule has 0 aliphatic carbocycles. The molecule has 2 atom stereocenters. The van der Waals surface area contributed by atoms with Crippen molar-refractivity contribution in [3.8, 4) is 0 Å². The first-order valence-electron chi connectivity index (χ1n) is 5.23. The van der Waals surface area contributed by atoms with Gasteiger partial charge in [-0.25, -0.2) is 4.79 Å². The van der Waals surface area contributed by atoms with Gasteiger partial charge in [0.25, 0.3) is 0 Å². The Hall–Kier alpha value is -1.30. The van der Waals surface area contributed by atoms with E-state index in [1.54, 1.807) is 20.8 Å². The Morgan fingerprint density at radius 2 is 2.19 bits per heavy atom. The van der Waals surface area contributed by atoms with E-state index in [1.807, 2.05) is 0 Å². The molecule has 3 N–H and O–H groups in total. The van der Waals surface area contributed by atoms with E-state index in [1.165, 1.54) is 0 Å². The molecule has 0 bridgehead atoms. The summed E-state index contributed by atoms with van der Waals surface area (Å²) < 4.78 is 5.01. The molecule has 0 spiro atoms. The van der Waals surface area contributed by atoms with Crippen molar-refractivity contribution in [2.45, 2.75) is 44.9 Å². The first-order chi connectivity index (χ1) is 7.28. The summed E-state index contributed by atoms with van der Waals surface area (Å²) in [6.07, 6.45) is -1.06. The predicted octanol–water partition coefficient (Wildman–Crippen LogP) is -0.240. The largest absolute Gasteiger partial charge is 0.444 e. The van der Waals surface area contributed by atoms with E-state index in [-0.39, 0.29) is 18.9 Å². The third kappa shape index (κ3) is 4.06. The normalized spacial score (nSPS) is 25.9. The number of rotatable bonds is 1. The lowest BCUT2D eigenvalue weighted by Crippen LogP contribution is -2.55. The second kappa shape index (κ2) is 4.69. The van der Waals surface area contributed by atoms with Crippen LogP contribution in [-0.2, 0) is 9.53 Å². The average Bonchev–Trinajstić information content (AvgIpc) is 2.08. The van der Waals surface area contributed by atoms with Gasteiger partial charge in [0.2, 0.25) is 5.91 Å². The van der Waals surface area contributed by atoms with Crippen LogP contribution in [0.4, 0.5) is 4.79 Å². The van der Waals surface area contributed by atoms with Gasteiger partial charge in [0.05, 0.1) is 6.10 Å². The maximum atomic E-state index is 11.4. The average molecular weight is 230 g/mol. The number of hydrogen-bond acceptors (Lipinski definition) is 4. The van der Waals surface area contributed by atoms with Crippen molar-refractivity contribution in [2.24, 2.45) is 0 Å². The minimum Gasteiger partial charge on any atom is -0.444 e. The molecule has 1 rings (SSSR count). The minimum atomic E-state index is -0.724. The molecule has 2 amide bonds.